The van der Waals surface area contributed by atoms with Crippen LogP contribution in [0.2, 0.25) is 0 Å². The van der Waals surface area contributed by atoms with Crippen molar-refractivity contribution >= 4 is 11.9 Å². The molecule has 26 heavy (non-hydrogen) atoms. The minimum atomic E-state index is -0.186. The predicted molar refractivity (Wildman–Crippen MR) is 104 cm³/mol. The summed E-state index contributed by atoms with van der Waals surface area (Å²) in [5.74, 6) is -0.0231. The second kappa shape index (κ2) is 9.57. The summed E-state index contributed by atoms with van der Waals surface area (Å²) in [5, 5.41) is 8.72. The quantitative estimate of drug-likeness (QED) is 0.730. The van der Waals surface area contributed by atoms with Crippen molar-refractivity contribution in [2.24, 2.45) is 0 Å². The average Bonchev–Trinajstić information content (AvgIpc) is 2.60. The third-order valence-corrected chi connectivity index (χ3v) is 4.68. The zero-order valence-electron chi connectivity index (χ0n) is 16.3. The van der Waals surface area contributed by atoms with E-state index in [4.69, 9.17) is 0 Å². The molecule has 0 spiro atoms. The second-order valence-corrected chi connectivity index (χ2v) is 7.56. The Morgan fingerprint density at radius 3 is 2.23 bits per heavy atom. The lowest BCUT2D eigenvalue weighted by molar-refractivity contribution is 0.0900. The Hall–Kier alpha value is -2.08. The number of nitrogens with zero attached hydrogens (tertiary/aromatic N) is 1. The Bertz CT molecular complexity index is 590. The van der Waals surface area contributed by atoms with Gasteiger partial charge in [0.15, 0.2) is 0 Å². The SMILES string of the molecule is CC(C)NC(=O)NCc1ccc(C(=O)NC2CCN(C(C)C)CC2)cc1. The fraction of sp³-hybridized carbons (Fsp3) is 0.600. The molecule has 0 bridgehead atoms. The van der Waals surface area contributed by atoms with Crippen LogP contribution in [0.3, 0.4) is 0 Å². The molecule has 1 aromatic rings. The van der Waals surface area contributed by atoms with Crippen molar-refractivity contribution in [3.63, 3.8) is 0 Å². The van der Waals surface area contributed by atoms with E-state index in [0.29, 0.717) is 18.2 Å². The van der Waals surface area contributed by atoms with Crippen molar-refractivity contribution in [1.29, 1.82) is 0 Å². The minimum Gasteiger partial charge on any atom is -0.349 e. The first-order valence-corrected chi connectivity index (χ1v) is 9.53. The van der Waals surface area contributed by atoms with Crippen LogP contribution in [0.15, 0.2) is 24.3 Å². The molecule has 1 fully saturated rings. The van der Waals surface area contributed by atoms with Gasteiger partial charge in [-0.25, -0.2) is 4.79 Å². The van der Waals surface area contributed by atoms with E-state index >= 15 is 0 Å². The summed E-state index contributed by atoms with van der Waals surface area (Å²) in [7, 11) is 0. The number of benzene rings is 1. The Kier molecular flexibility index (Phi) is 7.45. The van der Waals surface area contributed by atoms with Crippen LogP contribution >= 0.6 is 0 Å². The van der Waals surface area contributed by atoms with Crippen LogP contribution in [0.25, 0.3) is 0 Å². The zero-order chi connectivity index (χ0) is 19.1. The molecule has 0 aromatic heterocycles. The molecule has 3 amide bonds. The van der Waals surface area contributed by atoms with Gasteiger partial charge < -0.3 is 20.9 Å². The molecule has 0 atom stereocenters. The van der Waals surface area contributed by atoms with E-state index in [1.54, 1.807) is 0 Å². The summed E-state index contributed by atoms with van der Waals surface area (Å²) in [5.41, 5.74) is 1.62. The number of piperidine rings is 1. The van der Waals surface area contributed by atoms with Crippen molar-refractivity contribution in [3.05, 3.63) is 35.4 Å². The van der Waals surface area contributed by atoms with Crippen molar-refractivity contribution in [3.8, 4) is 0 Å². The highest BCUT2D eigenvalue weighted by Gasteiger charge is 2.22. The number of carbonyl (C=O) groups is 2. The van der Waals surface area contributed by atoms with Crippen LogP contribution in [0.5, 0.6) is 0 Å². The molecule has 1 heterocycles. The first-order chi connectivity index (χ1) is 12.3. The fourth-order valence-corrected chi connectivity index (χ4v) is 3.10. The summed E-state index contributed by atoms with van der Waals surface area (Å²) in [4.78, 5) is 26.5. The van der Waals surface area contributed by atoms with Gasteiger partial charge in [-0.15, -0.1) is 0 Å². The van der Waals surface area contributed by atoms with Crippen molar-refractivity contribution in [1.82, 2.24) is 20.9 Å². The molecule has 1 aliphatic rings. The normalized spacial score (nSPS) is 15.9. The van der Waals surface area contributed by atoms with Gasteiger partial charge in [-0.3, -0.25) is 4.79 Å². The van der Waals surface area contributed by atoms with Gasteiger partial charge in [0.25, 0.3) is 5.91 Å². The average molecular weight is 361 g/mol. The largest absolute Gasteiger partial charge is 0.349 e. The van der Waals surface area contributed by atoms with E-state index in [9.17, 15) is 9.59 Å². The lowest BCUT2D eigenvalue weighted by atomic mass is 10.0. The Labute approximate surface area is 156 Å². The first kappa shape index (κ1) is 20.2. The summed E-state index contributed by atoms with van der Waals surface area (Å²) in [6.45, 7) is 10.8. The minimum absolute atomic E-state index is 0.0231. The fourth-order valence-electron chi connectivity index (χ4n) is 3.10. The second-order valence-electron chi connectivity index (χ2n) is 7.56. The van der Waals surface area contributed by atoms with Crippen LogP contribution in [-0.4, -0.2) is 48.1 Å². The summed E-state index contributed by atoms with van der Waals surface area (Å²) >= 11 is 0. The first-order valence-electron chi connectivity index (χ1n) is 9.53. The van der Waals surface area contributed by atoms with Crippen LogP contribution in [-0.2, 0) is 6.54 Å². The highest BCUT2D eigenvalue weighted by molar-refractivity contribution is 5.94. The third kappa shape index (κ3) is 6.33. The standard InChI is InChI=1S/C20H32N4O2/c1-14(2)22-20(26)21-13-16-5-7-17(8-6-16)19(25)23-18-9-11-24(12-10-18)15(3)4/h5-8,14-15,18H,9-13H2,1-4H3,(H,23,25)(H2,21,22,26). The van der Waals surface area contributed by atoms with E-state index < -0.39 is 0 Å². The molecule has 144 valence electrons. The molecule has 6 nitrogen and oxygen atoms in total. The molecule has 0 unspecified atom stereocenters. The molecule has 0 aliphatic carbocycles. The van der Waals surface area contributed by atoms with Crippen molar-refractivity contribution in [2.45, 2.75) is 65.2 Å². The lowest BCUT2D eigenvalue weighted by Gasteiger charge is -2.34. The predicted octanol–water partition coefficient (Wildman–Crippen LogP) is 2.50. The molecule has 0 saturated carbocycles. The zero-order valence-corrected chi connectivity index (χ0v) is 16.3. The number of hydrogen-bond donors (Lipinski definition) is 3. The van der Waals surface area contributed by atoms with E-state index in [2.05, 4.69) is 34.7 Å². The molecular weight excluding hydrogens is 328 g/mol. The van der Waals surface area contributed by atoms with Crippen LogP contribution in [0.1, 0.15) is 56.5 Å². The van der Waals surface area contributed by atoms with Gasteiger partial charge >= 0.3 is 6.03 Å². The van der Waals surface area contributed by atoms with Crippen molar-refractivity contribution < 1.29 is 9.59 Å². The highest BCUT2D eigenvalue weighted by atomic mass is 16.2. The third-order valence-electron chi connectivity index (χ3n) is 4.68. The van der Waals surface area contributed by atoms with Gasteiger partial charge in [0.2, 0.25) is 0 Å². The Morgan fingerprint density at radius 2 is 1.69 bits per heavy atom. The van der Waals surface area contributed by atoms with Crippen molar-refractivity contribution in [2.75, 3.05) is 13.1 Å². The number of likely N-dealkylation sites (tertiary alicyclic amines) is 1. The maximum Gasteiger partial charge on any atom is 0.315 e. The highest BCUT2D eigenvalue weighted by Crippen LogP contribution is 2.14. The molecule has 2 rings (SSSR count). The molecule has 1 saturated heterocycles. The molecular formula is C20H32N4O2. The molecule has 1 aliphatic heterocycles. The summed E-state index contributed by atoms with van der Waals surface area (Å²) < 4.78 is 0. The van der Waals surface area contributed by atoms with E-state index in [1.165, 1.54) is 0 Å². The number of urea groups is 1. The number of amides is 3. The molecule has 6 heteroatoms. The van der Waals surface area contributed by atoms with Gasteiger partial charge in [-0.1, -0.05) is 12.1 Å². The molecule has 0 radical (unpaired) electrons. The Balaban J connectivity index is 1.79. The summed E-state index contributed by atoms with van der Waals surface area (Å²) in [6.07, 6.45) is 1.99. The van der Waals surface area contributed by atoms with Gasteiger partial charge in [0.05, 0.1) is 0 Å². The Morgan fingerprint density at radius 1 is 1.08 bits per heavy atom. The van der Waals surface area contributed by atoms with Gasteiger partial charge in [-0.05, 0) is 58.2 Å². The van der Waals surface area contributed by atoms with E-state index in [-0.39, 0.29) is 24.0 Å². The van der Waals surface area contributed by atoms with Crippen LogP contribution in [0, 0.1) is 0 Å². The van der Waals surface area contributed by atoms with Gasteiger partial charge in [0.1, 0.15) is 0 Å². The number of nitrogens with one attached hydrogen (secondary N) is 3. The lowest BCUT2D eigenvalue weighted by Crippen LogP contribution is -2.46. The maximum absolute atomic E-state index is 12.4. The van der Waals surface area contributed by atoms with Crippen LogP contribution in [0.4, 0.5) is 4.79 Å². The maximum atomic E-state index is 12.4. The molecule has 3 N–H and O–H groups in total. The van der Waals surface area contributed by atoms with Gasteiger partial charge in [-0.2, -0.15) is 0 Å². The number of carbonyl (C=O) groups excluding carboxylic acids is 2. The number of hydrogen-bond acceptors (Lipinski definition) is 3. The van der Waals surface area contributed by atoms with Gasteiger partial charge in [0, 0.05) is 43.3 Å². The van der Waals surface area contributed by atoms with Crippen LogP contribution < -0.4 is 16.0 Å². The number of rotatable bonds is 6. The monoisotopic (exact) mass is 360 g/mol. The summed E-state index contributed by atoms with van der Waals surface area (Å²) in [6, 6.07) is 8.13. The van der Waals surface area contributed by atoms with E-state index in [0.717, 1.165) is 31.5 Å². The molecule has 1 aromatic carbocycles. The topological polar surface area (TPSA) is 73.5 Å². The van der Waals surface area contributed by atoms with E-state index in [1.807, 2.05) is 38.1 Å². The smallest absolute Gasteiger partial charge is 0.315 e.